The van der Waals surface area contributed by atoms with Crippen molar-refractivity contribution in [2.45, 2.75) is 19.6 Å². The van der Waals surface area contributed by atoms with Crippen LogP contribution < -0.4 is 10.1 Å². The number of anilines is 1. The Bertz CT molecular complexity index is 864. The summed E-state index contributed by atoms with van der Waals surface area (Å²) in [4.78, 5) is 16.6. The molecular formula is C19H18N2O3. The number of pyridine rings is 1. The van der Waals surface area contributed by atoms with E-state index in [1.165, 1.54) is 0 Å². The Balaban J connectivity index is 1.68. The summed E-state index contributed by atoms with van der Waals surface area (Å²) in [5.74, 6) is 0.305. The summed E-state index contributed by atoms with van der Waals surface area (Å²) in [6.07, 6.45) is 1.07. The molecule has 0 aliphatic heterocycles. The van der Waals surface area contributed by atoms with Gasteiger partial charge in [0.25, 0.3) is 5.91 Å². The summed E-state index contributed by atoms with van der Waals surface area (Å²) >= 11 is 0. The van der Waals surface area contributed by atoms with E-state index in [0.29, 0.717) is 11.4 Å². The van der Waals surface area contributed by atoms with Gasteiger partial charge in [-0.25, -0.2) is 0 Å². The van der Waals surface area contributed by atoms with E-state index in [4.69, 9.17) is 9.84 Å². The van der Waals surface area contributed by atoms with Crippen LogP contribution in [0.2, 0.25) is 0 Å². The second-order valence-electron chi connectivity index (χ2n) is 5.47. The van der Waals surface area contributed by atoms with Crippen LogP contribution in [-0.2, 0) is 11.4 Å². The molecule has 0 aliphatic carbocycles. The lowest BCUT2D eigenvalue weighted by Gasteiger charge is -2.15. The van der Waals surface area contributed by atoms with Crippen LogP contribution in [0.4, 0.5) is 5.69 Å². The minimum absolute atomic E-state index is 0.0666. The molecule has 0 bridgehead atoms. The SMILES string of the molecule is CC(Oc1cccc(CO)c1)C(=O)Nc1ccc2ncccc2c1. The highest BCUT2D eigenvalue weighted by Crippen LogP contribution is 2.18. The van der Waals surface area contributed by atoms with Crippen LogP contribution in [0, 0.1) is 0 Å². The van der Waals surface area contributed by atoms with Crippen molar-refractivity contribution in [2.75, 3.05) is 5.32 Å². The smallest absolute Gasteiger partial charge is 0.265 e. The zero-order valence-corrected chi connectivity index (χ0v) is 13.3. The Morgan fingerprint density at radius 3 is 2.92 bits per heavy atom. The molecule has 1 unspecified atom stereocenters. The lowest BCUT2D eigenvalue weighted by atomic mass is 10.2. The van der Waals surface area contributed by atoms with Gasteiger partial charge in [0.2, 0.25) is 0 Å². The van der Waals surface area contributed by atoms with Gasteiger partial charge in [-0.2, -0.15) is 0 Å². The van der Waals surface area contributed by atoms with Gasteiger partial charge in [-0.1, -0.05) is 18.2 Å². The number of hydrogen-bond donors (Lipinski definition) is 2. The molecule has 3 rings (SSSR count). The van der Waals surface area contributed by atoms with E-state index in [-0.39, 0.29) is 12.5 Å². The predicted molar refractivity (Wildman–Crippen MR) is 92.8 cm³/mol. The first kappa shape index (κ1) is 16.0. The molecule has 0 aliphatic rings. The number of aliphatic hydroxyl groups is 1. The molecule has 122 valence electrons. The van der Waals surface area contributed by atoms with Crippen LogP contribution in [-0.4, -0.2) is 22.1 Å². The summed E-state index contributed by atoms with van der Waals surface area (Å²) in [5.41, 5.74) is 2.31. The zero-order chi connectivity index (χ0) is 16.9. The average molecular weight is 322 g/mol. The maximum absolute atomic E-state index is 12.3. The number of rotatable bonds is 5. The Morgan fingerprint density at radius 2 is 2.08 bits per heavy atom. The Morgan fingerprint density at radius 1 is 1.21 bits per heavy atom. The number of amides is 1. The minimum atomic E-state index is -0.663. The van der Waals surface area contributed by atoms with Gasteiger partial charge < -0.3 is 15.2 Å². The number of aliphatic hydroxyl groups excluding tert-OH is 1. The largest absolute Gasteiger partial charge is 0.481 e. The van der Waals surface area contributed by atoms with Gasteiger partial charge in [0.15, 0.2) is 6.10 Å². The van der Waals surface area contributed by atoms with Crippen LogP contribution in [0.25, 0.3) is 10.9 Å². The average Bonchev–Trinajstić information content (AvgIpc) is 2.61. The number of nitrogens with one attached hydrogen (secondary N) is 1. The highest BCUT2D eigenvalue weighted by atomic mass is 16.5. The molecule has 0 radical (unpaired) electrons. The number of benzene rings is 2. The van der Waals surface area contributed by atoms with E-state index in [1.807, 2.05) is 30.3 Å². The highest BCUT2D eigenvalue weighted by Gasteiger charge is 2.15. The van der Waals surface area contributed by atoms with Crippen molar-refractivity contribution in [1.82, 2.24) is 4.98 Å². The molecule has 2 aromatic carbocycles. The fourth-order valence-corrected chi connectivity index (χ4v) is 2.37. The predicted octanol–water partition coefficient (Wildman–Crippen LogP) is 3.13. The van der Waals surface area contributed by atoms with Gasteiger partial charge in [-0.15, -0.1) is 0 Å². The van der Waals surface area contributed by atoms with Crippen LogP contribution >= 0.6 is 0 Å². The lowest BCUT2D eigenvalue weighted by molar-refractivity contribution is -0.122. The van der Waals surface area contributed by atoms with E-state index in [1.54, 1.807) is 37.4 Å². The number of carbonyl (C=O) groups is 1. The van der Waals surface area contributed by atoms with E-state index in [0.717, 1.165) is 16.5 Å². The maximum Gasteiger partial charge on any atom is 0.265 e. The molecule has 1 aromatic heterocycles. The fraction of sp³-hybridized carbons (Fsp3) is 0.158. The van der Waals surface area contributed by atoms with Crippen LogP contribution in [0.1, 0.15) is 12.5 Å². The maximum atomic E-state index is 12.3. The zero-order valence-electron chi connectivity index (χ0n) is 13.3. The third-order valence-electron chi connectivity index (χ3n) is 3.63. The number of aromatic nitrogens is 1. The monoisotopic (exact) mass is 322 g/mol. The van der Waals surface area contributed by atoms with Crippen LogP contribution in [0.5, 0.6) is 5.75 Å². The molecule has 1 atom stereocenters. The van der Waals surface area contributed by atoms with Crippen molar-refractivity contribution >= 4 is 22.5 Å². The molecule has 5 heteroatoms. The number of ether oxygens (including phenoxy) is 1. The lowest BCUT2D eigenvalue weighted by Crippen LogP contribution is -2.30. The summed E-state index contributed by atoms with van der Waals surface area (Å²) in [5, 5.41) is 12.9. The normalized spacial score (nSPS) is 11.9. The summed E-state index contributed by atoms with van der Waals surface area (Å²) in [7, 11) is 0. The standard InChI is InChI=1S/C19H18N2O3/c1-13(24-17-6-2-4-14(10-17)12-22)19(23)21-16-7-8-18-15(11-16)5-3-9-20-18/h2-11,13,22H,12H2,1H3,(H,21,23). The summed E-state index contributed by atoms with van der Waals surface area (Å²) in [6, 6.07) is 16.4. The Labute approximate surface area is 139 Å². The summed E-state index contributed by atoms with van der Waals surface area (Å²) < 4.78 is 5.64. The van der Waals surface area contributed by atoms with Crippen molar-refractivity contribution in [2.24, 2.45) is 0 Å². The number of hydrogen-bond acceptors (Lipinski definition) is 4. The molecule has 24 heavy (non-hydrogen) atoms. The van der Waals surface area contributed by atoms with Gasteiger partial charge in [-0.3, -0.25) is 9.78 Å². The molecule has 1 heterocycles. The third-order valence-corrected chi connectivity index (χ3v) is 3.63. The second kappa shape index (κ2) is 7.10. The van der Waals surface area contributed by atoms with E-state index < -0.39 is 6.10 Å². The van der Waals surface area contributed by atoms with E-state index in [9.17, 15) is 4.79 Å². The van der Waals surface area contributed by atoms with Crippen molar-refractivity contribution in [1.29, 1.82) is 0 Å². The first-order chi connectivity index (χ1) is 11.7. The molecule has 3 aromatic rings. The molecule has 0 saturated heterocycles. The fourth-order valence-electron chi connectivity index (χ4n) is 2.37. The minimum Gasteiger partial charge on any atom is -0.481 e. The number of carbonyl (C=O) groups excluding carboxylic acids is 1. The molecular weight excluding hydrogens is 304 g/mol. The van der Waals surface area contributed by atoms with E-state index in [2.05, 4.69) is 10.3 Å². The molecule has 5 nitrogen and oxygen atoms in total. The van der Waals surface area contributed by atoms with Crippen molar-refractivity contribution < 1.29 is 14.6 Å². The van der Waals surface area contributed by atoms with Crippen LogP contribution in [0.3, 0.4) is 0 Å². The van der Waals surface area contributed by atoms with Gasteiger partial charge in [0.1, 0.15) is 5.75 Å². The molecule has 0 saturated carbocycles. The first-order valence-electron chi connectivity index (χ1n) is 7.68. The van der Waals surface area contributed by atoms with Gasteiger partial charge in [0.05, 0.1) is 12.1 Å². The Hall–Kier alpha value is -2.92. The van der Waals surface area contributed by atoms with Gasteiger partial charge in [-0.05, 0) is 48.9 Å². The van der Waals surface area contributed by atoms with Crippen molar-refractivity contribution in [3.05, 3.63) is 66.4 Å². The topological polar surface area (TPSA) is 71.5 Å². The number of fused-ring (bicyclic) bond motifs is 1. The van der Waals surface area contributed by atoms with E-state index >= 15 is 0 Å². The Kier molecular flexibility index (Phi) is 4.72. The van der Waals surface area contributed by atoms with Crippen LogP contribution in [0.15, 0.2) is 60.8 Å². The van der Waals surface area contributed by atoms with Gasteiger partial charge >= 0.3 is 0 Å². The van der Waals surface area contributed by atoms with Crippen molar-refractivity contribution in [3.63, 3.8) is 0 Å². The second-order valence-corrected chi connectivity index (χ2v) is 5.47. The molecule has 1 amide bonds. The van der Waals surface area contributed by atoms with Gasteiger partial charge in [0, 0.05) is 17.3 Å². The van der Waals surface area contributed by atoms with Crippen molar-refractivity contribution in [3.8, 4) is 5.75 Å². The third kappa shape index (κ3) is 3.70. The molecule has 0 spiro atoms. The molecule has 2 N–H and O–H groups in total. The first-order valence-corrected chi connectivity index (χ1v) is 7.68. The quantitative estimate of drug-likeness (QED) is 0.757. The number of nitrogens with zero attached hydrogens (tertiary/aromatic N) is 1. The highest BCUT2D eigenvalue weighted by molar-refractivity contribution is 5.96. The molecule has 0 fully saturated rings. The summed E-state index contributed by atoms with van der Waals surface area (Å²) in [6.45, 7) is 1.62.